The van der Waals surface area contributed by atoms with Gasteiger partial charge in [-0.25, -0.2) is 9.78 Å². The van der Waals surface area contributed by atoms with E-state index in [4.69, 9.17) is 4.84 Å². The molecule has 1 aromatic rings. The van der Waals surface area contributed by atoms with Gasteiger partial charge in [-0.15, -0.1) is 0 Å². The second-order valence-corrected chi connectivity index (χ2v) is 3.71. The first kappa shape index (κ1) is 10.0. The van der Waals surface area contributed by atoms with Crippen molar-refractivity contribution >= 4 is 6.09 Å². The number of carbonyl (C=O) groups is 1. The van der Waals surface area contributed by atoms with Crippen LogP contribution in [0.15, 0.2) is 12.4 Å². The zero-order valence-corrected chi connectivity index (χ0v) is 8.85. The Hall–Kier alpha value is -1.52. The molecule has 1 fully saturated rings. The van der Waals surface area contributed by atoms with Gasteiger partial charge in [-0.05, 0) is 26.2 Å². The predicted octanol–water partition coefficient (Wildman–Crippen LogP) is 1.23. The summed E-state index contributed by atoms with van der Waals surface area (Å²) in [6.07, 6.45) is 6.30. The minimum atomic E-state index is -0.282. The van der Waals surface area contributed by atoms with Gasteiger partial charge in [-0.2, -0.15) is 4.73 Å². The first-order valence-electron chi connectivity index (χ1n) is 5.24. The minimum absolute atomic E-state index is 0.282. The van der Waals surface area contributed by atoms with Crippen molar-refractivity contribution in [1.29, 1.82) is 0 Å². The largest absolute Gasteiger partial charge is 0.434 e. The lowest BCUT2D eigenvalue weighted by molar-refractivity contribution is 0.0836. The topological polar surface area (TPSA) is 47.4 Å². The van der Waals surface area contributed by atoms with Crippen LogP contribution in [0.2, 0.25) is 0 Å². The lowest BCUT2D eigenvalue weighted by Crippen LogP contribution is -2.40. The molecule has 15 heavy (non-hydrogen) atoms. The number of aryl methyl sites for hydroxylation is 1. The zero-order valence-electron chi connectivity index (χ0n) is 8.85. The number of carbonyl (C=O) groups excluding carboxylic acids is 1. The summed E-state index contributed by atoms with van der Waals surface area (Å²) >= 11 is 0. The third-order valence-corrected chi connectivity index (χ3v) is 2.57. The Morgan fingerprint density at radius 3 is 2.73 bits per heavy atom. The van der Waals surface area contributed by atoms with Gasteiger partial charge in [-0.3, -0.25) is 0 Å². The fraction of sp³-hybridized carbons (Fsp3) is 0.600. The van der Waals surface area contributed by atoms with Crippen LogP contribution >= 0.6 is 0 Å². The quantitative estimate of drug-likeness (QED) is 0.698. The number of imidazole rings is 1. The van der Waals surface area contributed by atoms with E-state index in [2.05, 4.69) is 4.98 Å². The number of nitrogens with zero attached hydrogens (tertiary/aromatic N) is 3. The number of amides is 1. The van der Waals surface area contributed by atoms with Crippen LogP contribution in [0, 0.1) is 6.92 Å². The van der Waals surface area contributed by atoms with Gasteiger partial charge in [0, 0.05) is 19.3 Å². The molecule has 0 saturated carbocycles. The summed E-state index contributed by atoms with van der Waals surface area (Å²) in [5.74, 6) is 0.681. The number of likely N-dealkylation sites (tertiary alicyclic amines) is 1. The molecule has 0 unspecified atom stereocenters. The van der Waals surface area contributed by atoms with Crippen molar-refractivity contribution in [1.82, 2.24) is 14.6 Å². The van der Waals surface area contributed by atoms with Gasteiger partial charge in [0.1, 0.15) is 5.82 Å². The molecule has 0 spiro atoms. The van der Waals surface area contributed by atoms with Crippen molar-refractivity contribution in [3.8, 4) is 0 Å². The summed E-state index contributed by atoms with van der Waals surface area (Å²) in [4.78, 5) is 22.6. The van der Waals surface area contributed by atoms with Crippen LogP contribution in [0.4, 0.5) is 4.79 Å². The van der Waals surface area contributed by atoms with E-state index >= 15 is 0 Å². The molecule has 1 saturated heterocycles. The molecule has 82 valence electrons. The van der Waals surface area contributed by atoms with Gasteiger partial charge in [0.15, 0.2) is 0 Å². The van der Waals surface area contributed by atoms with Gasteiger partial charge in [0.05, 0.1) is 6.20 Å². The van der Waals surface area contributed by atoms with E-state index in [9.17, 15) is 4.79 Å². The highest BCUT2D eigenvalue weighted by Crippen LogP contribution is 2.09. The van der Waals surface area contributed by atoms with Crippen molar-refractivity contribution in [2.75, 3.05) is 13.1 Å². The molecule has 0 bridgehead atoms. The Labute approximate surface area is 88.6 Å². The highest BCUT2D eigenvalue weighted by atomic mass is 16.7. The summed E-state index contributed by atoms with van der Waals surface area (Å²) in [5, 5.41) is 0. The molecule has 0 aliphatic carbocycles. The maximum Gasteiger partial charge on any atom is 0.434 e. The number of piperidine rings is 1. The first-order valence-corrected chi connectivity index (χ1v) is 5.24. The van der Waals surface area contributed by atoms with Crippen molar-refractivity contribution in [2.45, 2.75) is 26.2 Å². The Bertz CT molecular complexity index is 342. The van der Waals surface area contributed by atoms with Crippen molar-refractivity contribution < 1.29 is 9.63 Å². The van der Waals surface area contributed by atoms with Crippen molar-refractivity contribution in [3.63, 3.8) is 0 Å². The smallest absolute Gasteiger partial charge is 0.316 e. The maximum atomic E-state index is 11.7. The molecule has 1 aromatic heterocycles. The SMILES string of the molecule is Cc1nccn1OC(=O)N1CCCCC1. The molecular formula is C10H15N3O2. The van der Waals surface area contributed by atoms with Gasteiger partial charge in [-0.1, -0.05) is 0 Å². The summed E-state index contributed by atoms with van der Waals surface area (Å²) in [6, 6.07) is 0. The molecule has 5 heteroatoms. The van der Waals surface area contributed by atoms with Crippen LogP contribution in [-0.2, 0) is 0 Å². The molecule has 1 amide bonds. The highest BCUT2D eigenvalue weighted by molar-refractivity contribution is 5.68. The molecule has 0 atom stereocenters. The lowest BCUT2D eigenvalue weighted by atomic mass is 10.1. The summed E-state index contributed by atoms with van der Waals surface area (Å²) in [6.45, 7) is 3.39. The summed E-state index contributed by atoms with van der Waals surface area (Å²) in [5.41, 5.74) is 0. The average molecular weight is 209 g/mol. The second kappa shape index (κ2) is 4.33. The van der Waals surface area contributed by atoms with Crippen LogP contribution in [0.3, 0.4) is 0 Å². The van der Waals surface area contributed by atoms with E-state index in [1.807, 2.05) is 0 Å². The zero-order chi connectivity index (χ0) is 10.7. The van der Waals surface area contributed by atoms with Crippen molar-refractivity contribution in [3.05, 3.63) is 18.2 Å². The second-order valence-electron chi connectivity index (χ2n) is 3.71. The predicted molar refractivity (Wildman–Crippen MR) is 54.4 cm³/mol. The molecule has 5 nitrogen and oxygen atoms in total. The van der Waals surface area contributed by atoms with Crippen LogP contribution in [0.5, 0.6) is 0 Å². The van der Waals surface area contributed by atoms with E-state index in [-0.39, 0.29) is 6.09 Å². The lowest BCUT2D eigenvalue weighted by Gasteiger charge is -2.25. The summed E-state index contributed by atoms with van der Waals surface area (Å²) in [7, 11) is 0. The summed E-state index contributed by atoms with van der Waals surface area (Å²) < 4.78 is 1.40. The van der Waals surface area contributed by atoms with Crippen LogP contribution in [0.25, 0.3) is 0 Å². The normalized spacial score (nSPS) is 16.5. The van der Waals surface area contributed by atoms with E-state index in [0.29, 0.717) is 5.82 Å². The monoisotopic (exact) mass is 209 g/mol. The molecule has 1 aliphatic heterocycles. The Kier molecular flexibility index (Phi) is 2.89. The highest BCUT2D eigenvalue weighted by Gasteiger charge is 2.18. The molecule has 0 N–H and O–H groups in total. The Morgan fingerprint density at radius 2 is 2.13 bits per heavy atom. The Morgan fingerprint density at radius 1 is 1.40 bits per heavy atom. The first-order chi connectivity index (χ1) is 7.27. The van der Waals surface area contributed by atoms with E-state index < -0.39 is 0 Å². The standard InChI is InChI=1S/C10H15N3O2/c1-9-11-5-8-13(9)15-10(14)12-6-3-2-4-7-12/h5,8H,2-4,6-7H2,1H3. The van der Waals surface area contributed by atoms with E-state index in [1.165, 1.54) is 11.2 Å². The number of aromatic nitrogens is 2. The number of hydrogen-bond acceptors (Lipinski definition) is 3. The van der Waals surface area contributed by atoms with Crippen LogP contribution in [-0.4, -0.2) is 33.8 Å². The van der Waals surface area contributed by atoms with Crippen LogP contribution in [0.1, 0.15) is 25.1 Å². The number of hydrogen-bond donors (Lipinski definition) is 0. The fourth-order valence-corrected chi connectivity index (χ4v) is 1.68. The molecule has 1 aliphatic rings. The molecule has 2 heterocycles. The average Bonchev–Trinajstić information content (AvgIpc) is 2.66. The van der Waals surface area contributed by atoms with Gasteiger partial charge in [0.2, 0.25) is 0 Å². The molecule has 2 rings (SSSR count). The third-order valence-electron chi connectivity index (χ3n) is 2.57. The third kappa shape index (κ3) is 2.29. The molecule has 0 radical (unpaired) electrons. The fourth-order valence-electron chi connectivity index (χ4n) is 1.68. The maximum absolute atomic E-state index is 11.7. The van der Waals surface area contributed by atoms with E-state index in [1.54, 1.807) is 24.2 Å². The van der Waals surface area contributed by atoms with E-state index in [0.717, 1.165) is 25.9 Å². The van der Waals surface area contributed by atoms with Crippen LogP contribution < -0.4 is 4.84 Å². The molecular weight excluding hydrogens is 194 g/mol. The van der Waals surface area contributed by atoms with Gasteiger partial charge >= 0.3 is 6.09 Å². The number of rotatable bonds is 1. The van der Waals surface area contributed by atoms with Crippen molar-refractivity contribution in [2.24, 2.45) is 0 Å². The Balaban J connectivity index is 1.94. The molecule has 0 aromatic carbocycles. The van der Waals surface area contributed by atoms with Gasteiger partial charge in [0.25, 0.3) is 0 Å². The van der Waals surface area contributed by atoms with Gasteiger partial charge < -0.3 is 9.74 Å². The minimum Gasteiger partial charge on any atom is -0.316 e.